The maximum absolute atomic E-state index is 2.69. The van der Waals surface area contributed by atoms with Crippen molar-refractivity contribution in [3.63, 3.8) is 0 Å². The highest BCUT2D eigenvalue weighted by atomic mass is 15.1. The molecular formula is C40H42N2+2. The first kappa shape index (κ1) is 26.8. The van der Waals surface area contributed by atoms with Gasteiger partial charge in [-0.1, -0.05) is 68.4 Å². The van der Waals surface area contributed by atoms with Crippen molar-refractivity contribution < 1.29 is 9.13 Å². The van der Waals surface area contributed by atoms with Gasteiger partial charge in [0.25, 0.3) is 0 Å². The first-order valence-electron chi connectivity index (χ1n) is 15.7. The van der Waals surface area contributed by atoms with E-state index in [1.807, 2.05) is 0 Å². The van der Waals surface area contributed by atoms with E-state index in [9.17, 15) is 0 Å². The topological polar surface area (TPSA) is 7.76 Å². The molecule has 0 spiro atoms. The van der Waals surface area contributed by atoms with Crippen LogP contribution in [-0.2, 0) is 17.5 Å². The normalized spacial score (nSPS) is 22.1. The molecule has 210 valence electrons. The molecule has 0 amide bonds. The molecule has 3 atom stereocenters. The number of aryl methyl sites for hydroxylation is 2. The maximum atomic E-state index is 2.69. The first-order chi connectivity index (χ1) is 20.4. The Morgan fingerprint density at radius 1 is 0.714 bits per heavy atom. The summed E-state index contributed by atoms with van der Waals surface area (Å²) in [5.41, 5.74) is 13.6. The van der Waals surface area contributed by atoms with Crippen molar-refractivity contribution in [2.75, 3.05) is 0 Å². The molecule has 3 aromatic carbocycles. The summed E-state index contributed by atoms with van der Waals surface area (Å²) in [5.74, 6) is 0.383. The van der Waals surface area contributed by atoms with Crippen molar-refractivity contribution in [2.24, 2.45) is 0 Å². The third-order valence-electron chi connectivity index (χ3n) is 10.8. The molecule has 3 unspecified atom stereocenters. The average molecular weight is 551 g/mol. The van der Waals surface area contributed by atoms with E-state index in [4.69, 9.17) is 0 Å². The number of hydrogen-bond acceptors (Lipinski definition) is 0. The largest absolute Gasteiger partial charge is 0.213 e. The van der Waals surface area contributed by atoms with Crippen LogP contribution in [0.2, 0.25) is 0 Å². The highest BCUT2D eigenvalue weighted by molar-refractivity contribution is 5.73. The Morgan fingerprint density at radius 3 is 2.29 bits per heavy atom. The van der Waals surface area contributed by atoms with Crippen LogP contribution in [0.25, 0.3) is 33.6 Å². The number of aromatic nitrogens is 2. The standard InChI is InChI=1S/C40H42N2/c1-6-39(5)40(7-2,36-18-12-11-17-34(36)37-19-13-14-29(4)42(37)39)26-32-27-41-23-22-28(3)24-38(41)33-21-20-31(25-35(32)33)30-15-9-8-10-16-30/h8-25,32H,6-7,26-27H2,1-5H3/q+2. The molecular weight excluding hydrogens is 508 g/mol. The fourth-order valence-electron chi connectivity index (χ4n) is 8.55. The van der Waals surface area contributed by atoms with Crippen molar-refractivity contribution in [1.29, 1.82) is 0 Å². The van der Waals surface area contributed by atoms with Crippen LogP contribution in [0.1, 0.15) is 68.3 Å². The van der Waals surface area contributed by atoms with Crippen LogP contribution in [0, 0.1) is 13.8 Å². The lowest BCUT2D eigenvalue weighted by Gasteiger charge is -2.50. The third-order valence-corrected chi connectivity index (χ3v) is 10.8. The molecule has 5 aromatic rings. The molecule has 2 nitrogen and oxygen atoms in total. The number of rotatable bonds is 5. The summed E-state index contributed by atoms with van der Waals surface area (Å²) in [6.07, 6.45) is 5.57. The van der Waals surface area contributed by atoms with Gasteiger partial charge in [0.1, 0.15) is 0 Å². The summed E-state index contributed by atoms with van der Waals surface area (Å²) in [4.78, 5) is 0. The minimum atomic E-state index is -0.0633. The second-order valence-corrected chi connectivity index (χ2v) is 12.8. The highest BCUT2D eigenvalue weighted by Crippen LogP contribution is 2.55. The molecule has 4 heterocycles. The van der Waals surface area contributed by atoms with Crippen LogP contribution in [0.15, 0.2) is 109 Å². The van der Waals surface area contributed by atoms with Gasteiger partial charge in [-0.25, -0.2) is 0 Å². The van der Waals surface area contributed by atoms with Gasteiger partial charge < -0.3 is 0 Å². The zero-order chi connectivity index (χ0) is 29.1. The molecule has 2 heteroatoms. The monoisotopic (exact) mass is 550 g/mol. The van der Waals surface area contributed by atoms with E-state index < -0.39 is 0 Å². The summed E-state index contributed by atoms with van der Waals surface area (Å²) in [6.45, 7) is 12.9. The van der Waals surface area contributed by atoms with Crippen LogP contribution in [0.5, 0.6) is 0 Å². The van der Waals surface area contributed by atoms with Gasteiger partial charge in [0.15, 0.2) is 24.0 Å². The van der Waals surface area contributed by atoms with Gasteiger partial charge in [0.05, 0.1) is 11.0 Å². The van der Waals surface area contributed by atoms with Crippen LogP contribution in [-0.4, -0.2) is 0 Å². The molecule has 0 radical (unpaired) electrons. The van der Waals surface area contributed by atoms with E-state index in [1.165, 1.54) is 56.0 Å². The molecule has 0 saturated heterocycles. The number of hydrogen-bond donors (Lipinski definition) is 0. The molecule has 7 rings (SSSR count). The summed E-state index contributed by atoms with van der Waals surface area (Å²) >= 11 is 0. The Kier molecular flexibility index (Phi) is 6.42. The summed E-state index contributed by atoms with van der Waals surface area (Å²) in [7, 11) is 0. The predicted octanol–water partition coefficient (Wildman–Crippen LogP) is 8.85. The van der Waals surface area contributed by atoms with Gasteiger partial charge in [0, 0.05) is 56.0 Å². The summed E-state index contributed by atoms with van der Waals surface area (Å²) < 4.78 is 5.20. The van der Waals surface area contributed by atoms with Gasteiger partial charge in [-0.05, 0) is 71.8 Å². The van der Waals surface area contributed by atoms with Crippen molar-refractivity contribution in [1.82, 2.24) is 0 Å². The van der Waals surface area contributed by atoms with E-state index in [-0.39, 0.29) is 11.0 Å². The third kappa shape index (κ3) is 3.84. The Balaban J connectivity index is 1.45. The van der Waals surface area contributed by atoms with Crippen LogP contribution >= 0.6 is 0 Å². The fourth-order valence-corrected chi connectivity index (χ4v) is 8.55. The maximum Gasteiger partial charge on any atom is 0.213 e. The van der Waals surface area contributed by atoms with Crippen LogP contribution in [0.4, 0.5) is 0 Å². The molecule has 42 heavy (non-hydrogen) atoms. The summed E-state index contributed by atoms with van der Waals surface area (Å²) in [6, 6.07) is 38.9. The molecule has 2 aliphatic heterocycles. The molecule has 2 aliphatic rings. The van der Waals surface area contributed by atoms with E-state index >= 15 is 0 Å². The van der Waals surface area contributed by atoms with Crippen LogP contribution in [0.3, 0.4) is 0 Å². The van der Waals surface area contributed by atoms with Crippen LogP contribution < -0.4 is 9.13 Å². The Morgan fingerprint density at radius 2 is 1.50 bits per heavy atom. The quantitative estimate of drug-likeness (QED) is 0.193. The van der Waals surface area contributed by atoms with E-state index in [0.717, 1.165) is 25.8 Å². The predicted molar refractivity (Wildman–Crippen MR) is 172 cm³/mol. The number of nitrogens with zero attached hydrogens (tertiary/aromatic N) is 2. The smallest absolute Gasteiger partial charge is 0.198 e. The lowest BCUT2D eigenvalue weighted by atomic mass is 9.55. The fraction of sp³-hybridized carbons (Fsp3) is 0.300. The zero-order valence-electron chi connectivity index (χ0n) is 25.7. The second kappa shape index (κ2) is 10.1. The Hall–Kier alpha value is -4.04. The molecule has 0 saturated carbocycles. The summed E-state index contributed by atoms with van der Waals surface area (Å²) in [5, 5.41) is 0. The van der Waals surface area contributed by atoms with E-state index in [2.05, 4.69) is 153 Å². The molecule has 2 aromatic heterocycles. The molecule has 0 aliphatic carbocycles. The highest BCUT2D eigenvalue weighted by Gasteiger charge is 2.60. The lowest BCUT2D eigenvalue weighted by molar-refractivity contribution is -0.771. The van der Waals surface area contributed by atoms with E-state index in [0.29, 0.717) is 5.92 Å². The number of pyridine rings is 2. The van der Waals surface area contributed by atoms with Gasteiger partial charge in [-0.3, -0.25) is 0 Å². The number of benzene rings is 3. The van der Waals surface area contributed by atoms with E-state index in [1.54, 1.807) is 0 Å². The Bertz CT molecular complexity index is 1800. The average Bonchev–Trinajstić information content (AvgIpc) is 3.03. The van der Waals surface area contributed by atoms with Gasteiger partial charge >= 0.3 is 0 Å². The van der Waals surface area contributed by atoms with Crippen molar-refractivity contribution in [3.8, 4) is 33.6 Å². The van der Waals surface area contributed by atoms with Gasteiger partial charge in [-0.15, -0.1) is 0 Å². The molecule has 0 bridgehead atoms. The lowest BCUT2D eigenvalue weighted by Crippen LogP contribution is -2.70. The minimum Gasteiger partial charge on any atom is -0.198 e. The SMILES string of the molecule is CCC1(CC2C[n+]3ccc(C)cc3-c3ccc(-c4ccccc4)cc32)c2ccccc2-c2cccc(C)[n+]2C1(C)CC. The first-order valence-corrected chi connectivity index (χ1v) is 15.7. The number of fused-ring (bicyclic) bond motifs is 6. The van der Waals surface area contributed by atoms with Gasteiger partial charge in [0.2, 0.25) is 11.4 Å². The van der Waals surface area contributed by atoms with Gasteiger partial charge in [-0.2, -0.15) is 9.13 Å². The molecule has 0 fully saturated rings. The second-order valence-electron chi connectivity index (χ2n) is 12.8. The minimum absolute atomic E-state index is 0.0322. The molecule has 0 N–H and O–H groups in total. The zero-order valence-corrected chi connectivity index (χ0v) is 25.7. The van der Waals surface area contributed by atoms with Crippen molar-refractivity contribution in [2.45, 2.75) is 77.3 Å². The van der Waals surface area contributed by atoms with Crippen molar-refractivity contribution >= 4 is 0 Å². The Labute approximate surface area is 251 Å². The van der Waals surface area contributed by atoms with Crippen molar-refractivity contribution in [3.05, 3.63) is 132 Å².